The molecule has 100 valence electrons. The van der Waals surface area contributed by atoms with Crippen molar-refractivity contribution in [1.29, 1.82) is 0 Å². The second-order valence-electron chi connectivity index (χ2n) is 3.97. The summed E-state index contributed by atoms with van der Waals surface area (Å²) in [6, 6.07) is 8.58. The summed E-state index contributed by atoms with van der Waals surface area (Å²) in [6.07, 6.45) is 1.72. The quantitative estimate of drug-likeness (QED) is 0.622. The molecular weight excluding hydrogens is 333 g/mol. The first-order valence-corrected chi connectivity index (χ1v) is 7.26. The number of alkyl halides is 1. The lowest BCUT2D eigenvalue weighted by Crippen LogP contribution is -2.17. The van der Waals surface area contributed by atoms with Crippen LogP contribution in [0.2, 0.25) is 0 Å². The van der Waals surface area contributed by atoms with E-state index in [2.05, 4.69) is 15.9 Å². The number of benzene rings is 1. The fourth-order valence-electron chi connectivity index (χ4n) is 1.73. The molecule has 0 atom stereocenters. The summed E-state index contributed by atoms with van der Waals surface area (Å²) in [6.45, 7) is 1.80. The second kappa shape index (κ2) is 6.25. The molecule has 0 unspecified atom stereocenters. The molecule has 0 aliphatic heterocycles. The minimum atomic E-state index is -0.195. The van der Waals surface area contributed by atoms with Crippen molar-refractivity contribution in [3.63, 3.8) is 0 Å². The number of hydrogen-bond donors (Lipinski definition) is 0. The van der Waals surface area contributed by atoms with Crippen LogP contribution >= 0.6 is 28.4 Å². The maximum Gasteiger partial charge on any atom is 0.272 e. The lowest BCUT2D eigenvalue weighted by molar-refractivity contribution is 0.605. The molecule has 1 aromatic heterocycles. The van der Waals surface area contributed by atoms with E-state index in [4.69, 9.17) is 4.18 Å². The first-order chi connectivity index (χ1) is 9.15. The largest absolute Gasteiger partial charge is 0.397 e. The topological polar surface area (TPSA) is 31.2 Å². The van der Waals surface area contributed by atoms with Gasteiger partial charge in [-0.15, -0.1) is 3.89 Å². The molecule has 1 aromatic carbocycles. The summed E-state index contributed by atoms with van der Waals surface area (Å²) < 4.78 is 18.3. The molecule has 0 bridgehead atoms. The van der Waals surface area contributed by atoms with Gasteiger partial charge in [0.15, 0.2) is 0 Å². The Balaban J connectivity index is 2.42. The fourth-order valence-corrected chi connectivity index (χ4v) is 2.33. The Kier molecular flexibility index (Phi) is 4.66. The summed E-state index contributed by atoms with van der Waals surface area (Å²) in [7, 11) is 0. The van der Waals surface area contributed by atoms with Gasteiger partial charge < -0.3 is 4.18 Å². The van der Waals surface area contributed by atoms with E-state index in [1.54, 1.807) is 37.4 Å². The molecule has 3 nitrogen and oxygen atoms in total. The minimum Gasteiger partial charge on any atom is -0.397 e. The van der Waals surface area contributed by atoms with Crippen LogP contribution in [-0.4, -0.2) is 4.57 Å². The molecule has 0 aliphatic rings. The Morgan fingerprint density at radius 1 is 1.37 bits per heavy atom. The maximum absolute atomic E-state index is 12.1. The number of aryl methyl sites for hydroxylation is 1. The molecule has 0 spiro atoms. The van der Waals surface area contributed by atoms with Gasteiger partial charge in [0, 0.05) is 23.3 Å². The standard InChI is InChI=1S/C13H11BrFNO2S/c1-9-6-11(2-3-12(9)18-19-15)16-5-4-10(8-14)7-13(16)17/h2-7H,8H2,1H3. The zero-order valence-electron chi connectivity index (χ0n) is 10.1. The molecule has 0 radical (unpaired) electrons. The van der Waals surface area contributed by atoms with Crippen LogP contribution in [0, 0.1) is 6.92 Å². The fraction of sp³-hybridized carbons (Fsp3) is 0.154. The van der Waals surface area contributed by atoms with Crippen LogP contribution in [0.1, 0.15) is 11.1 Å². The molecule has 0 fully saturated rings. The van der Waals surface area contributed by atoms with Gasteiger partial charge in [-0.3, -0.25) is 9.36 Å². The third-order valence-corrected chi connectivity index (χ3v) is 3.59. The highest BCUT2D eigenvalue weighted by Crippen LogP contribution is 2.24. The lowest BCUT2D eigenvalue weighted by Gasteiger charge is -2.09. The van der Waals surface area contributed by atoms with Crippen LogP contribution in [0.25, 0.3) is 5.69 Å². The van der Waals surface area contributed by atoms with Crippen molar-refractivity contribution in [1.82, 2.24) is 4.57 Å². The number of nitrogens with zero attached hydrogens (tertiary/aromatic N) is 1. The van der Waals surface area contributed by atoms with Gasteiger partial charge in [0.2, 0.25) is 0 Å². The average molecular weight is 344 g/mol. The molecule has 19 heavy (non-hydrogen) atoms. The average Bonchev–Trinajstić information content (AvgIpc) is 2.41. The van der Waals surface area contributed by atoms with Crippen molar-refractivity contribution in [2.24, 2.45) is 0 Å². The normalized spacial score (nSPS) is 10.5. The van der Waals surface area contributed by atoms with Gasteiger partial charge >= 0.3 is 0 Å². The SMILES string of the molecule is Cc1cc(-n2ccc(CBr)cc2=O)ccc1OSF. The number of hydrogen-bond acceptors (Lipinski definition) is 3. The molecule has 0 saturated carbocycles. The predicted octanol–water partition coefficient (Wildman–Crippen LogP) is 3.95. The summed E-state index contributed by atoms with van der Waals surface area (Å²) in [5.41, 5.74) is 2.30. The van der Waals surface area contributed by atoms with E-state index in [1.807, 2.05) is 6.07 Å². The number of aromatic nitrogens is 1. The number of pyridine rings is 1. The smallest absolute Gasteiger partial charge is 0.272 e. The highest BCUT2D eigenvalue weighted by atomic mass is 79.9. The molecule has 0 saturated heterocycles. The van der Waals surface area contributed by atoms with Crippen LogP contribution < -0.4 is 9.74 Å². The second-order valence-corrected chi connectivity index (χ2v) is 4.83. The highest BCUT2D eigenvalue weighted by molar-refractivity contribution is 9.08. The lowest BCUT2D eigenvalue weighted by atomic mass is 10.2. The van der Waals surface area contributed by atoms with Crippen molar-refractivity contribution in [2.75, 3.05) is 0 Å². The molecular formula is C13H11BrFNO2S. The highest BCUT2D eigenvalue weighted by Gasteiger charge is 2.05. The van der Waals surface area contributed by atoms with Crippen molar-refractivity contribution in [2.45, 2.75) is 12.3 Å². The Hall–Kier alpha value is -1.27. The van der Waals surface area contributed by atoms with E-state index in [-0.39, 0.29) is 18.0 Å². The van der Waals surface area contributed by atoms with E-state index >= 15 is 0 Å². The van der Waals surface area contributed by atoms with Gasteiger partial charge in [0.1, 0.15) is 5.75 Å². The van der Waals surface area contributed by atoms with E-state index in [1.165, 1.54) is 4.57 Å². The van der Waals surface area contributed by atoms with Crippen molar-refractivity contribution >= 4 is 28.4 Å². The summed E-state index contributed by atoms with van der Waals surface area (Å²) in [5, 5.41) is 0.641. The third kappa shape index (κ3) is 3.19. The molecule has 2 rings (SSSR count). The minimum absolute atomic E-state index is 0.107. The zero-order valence-corrected chi connectivity index (χ0v) is 12.5. The summed E-state index contributed by atoms with van der Waals surface area (Å²) >= 11 is 3.11. The number of halogens is 2. The van der Waals surface area contributed by atoms with Crippen LogP contribution in [0.3, 0.4) is 0 Å². The van der Waals surface area contributed by atoms with Gasteiger partial charge in [-0.05, 0) is 42.3 Å². The molecule has 0 aliphatic carbocycles. The van der Waals surface area contributed by atoms with Crippen LogP contribution in [-0.2, 0) is 5.33 Å². The van der Waals surface area contributed by atoms with Crippen LogP contribution in [0.15, 0.2) is 41.3 Å². The van der Waals surface area contributed by atoms with Gasteiger partial charge in [-0.25, -0.2) is 0 Å². The Morgan fingerprint density at radius 2 is 2.16 bits per heavy atom. The first-order valence-electron chi connectivity index (χ1n) is 5.49. The third-order valence-electron chi connectivity index (χ3n) is 2.70. The van der Waals surface area contributed by atoms with Crippen molar-refractivity contribution in [3.05, 3.63) is 58.0 Å². The van der Waals surface area contributed by atoms with Gasteiger partial charge in [-0.1, -0.05) is 15.9 Å². The van der Waals surface area contributed by atoms with Crippen LogP contribution in [0.5, 0.6) is 5.75 Å². The molecule has 2 aromatic rings. The van der Waals surface area contributed by atoms with E-state index in [0.717, 1.165) is 16.8 Å². The first kappa shape index (κ1) is 14.1. The van der Waals surface area contributed by atoms with E-state index in [0.29, 0.717) is 11.1 Å². The molecule has 0 N–H and O–H groups in total. The van der Waals surface area contributed by atoms with E-state index in [9.17, 15) is 8.68 Å². The summed E-state index contributed by atoms with van der Waals surface area (Å²) in [4.78, 5) is 12.0. The Labute approximate surface area is 123 Å². The van der Waals surface area contributed by atoms with Gasteiger partial charge in [0.25, 0.3) is 18.0 Å². The van der Waals surface area contributed by atoms with Crippen molar-refractivity contribution in [3.8, 4) is 11.4 Å². The van der Waals surface area contributed by atoms with Crippen LogP contribution in [0.4, 0.5) is 3.89 Å². The molecule has 0 amide bonds. The van der Waals surface area contributed by atoms with Gasteiger partial charge in [-0.2, -0.15) is 0 Å². The molecule has 1 heterocycles. The van der Waals surface area contributed by atoms with Crippen molar-refractivity contribution < 1.29 is 8.07 Å². The molecule has 6 heteroatoms. The maximum atomic E-state index is 12.1. The zero-order chi connectivity index (χ0) is 13.8. The van der Waals surface area contributed by atoms with Gasteiger partial charge in [0.05, 0.1) is 0 Å². The summed E-state index contributed by atoms with van der Waals surface area (Å²) in [5.74, 6) is 0.446. The van der Waals surface area contributed by atoms with E-state index < -0.39 is 0 Å². The Bertz CT molecular complexity index is 645. The predicted molar refractivity (Wildman–Crippen MR) is 78.7 cm³/mol. The Morgan fingerprint density at radius 3 is 2.74 bits per heavy atom. The monoisotopic (exact) mass is 343 g/mol. The number of rotatable bonds is 4.